The second-order valence-corrected chi connectivity index (χ2v) is 6.48. The molecule has 5 nitrogen and oxygen atoms in total. The molecule has 1 aliphatic heterocycles. The molecule has 134 valence electrons. The third-order valence-corrected chi connectivity index (χ3v) is 4.48. The topological polar surface area (TPSA) is 68.2 Å². The Morgan fingerprint density at radius 2 is 2.04 bits per heavy atom. The number of carbonyl (C=O) groups excluding carboxylic acids is 1. The molecule has 0 aromatic heterocycles. The Morgan fingerprint density at radius 3 is 2.68 bits per heavy atom. The zero-order valence-electron chi connectivity index (χ0n) is 15.0. The maximum Gasteiger partial charge on any atom is 0.263 e. The highest BCUT2D eigenvalue weighted by atomic mass is 16.1. The van der Waals surface area contributed by atoms with Crippen molar-refractivity contribution in [1.82, 2.24) is 15.5 Å². The van der Waals surface area contributed by atoms with Crippen LogP contribution in [-0.4, -0.2) is 36.5 Å². The molecular weight excluding hydrogens is 312 g/mol. The summed E-state index contributed by atoms with van der Waals surface area (Å²) in [5.41, 5.74) is 1.49. The molecule has 0 saturated carbocycles. The van der Waals surface area contributed by atoms with E-state index in [2.05, 4.69) is 46.7 Å². The Kier molecular flexibility index (Phi) is 8.00. The van der Waals surface area contributed by atoms with Crippen molar-refractivity contribution in [3.05, 3.63) is 47.7 Å². The third kappa shape index (κ3) is 6.60. The molecular formula is C20H28N4O. The molecule has 5 heteroatoms. The number of carbonyl (C=O) groups is 1. The van der Waals surface area contributed by atoms with E-state index in [1.165, 1.54) is 5.56 Å². The quantitative estimate of drug-likeness (QED) is 0.434. The first-order valence-electron chi connectivity index (χ1n) is 9.13. The van der Waals surface area contributed by atoms with Gasteiger partial charge in [-0.1, -0.05) is 43.7 Å². The highest BCUT2D eigenvalue weighted by Gasteiger charge is 2.18. The summed E-state index contributed by atoms with van der Waals surface area (Å²) in [5.74, 6) is -0.287. The van der Waals surface area contributed by atoms with E-state index in [-0.39, 0.29) is 11.5 Å². The van der Waals surface area contributed by atoms with Crippen LogP contribution in [0.4, 0.5) is 0 Å². The van der Waals surface area contributed by atoms with E-state index in [4.69, 9.17) is 5.26 Å². The summed E-state index contributed by atoms with van der Waals surface area (Å²) in [6.45, 7) is 5.70. The van der Waals surface area contributed by atoms with Crippen LogP contribution in [0.3, 0.4) is 0 Å². The fourth-order valence-corrected chi connectivity index (χ4v) is 2.92. The van der Waals surface area contributed by atoms with Crippen molar-refractivity contribution >= 4 is 5.91 Å². The molecule has 0 unspecified atom stereocenters. The maximum atomic E-state index is 11.9. The minimum absolute atomic E-state index is 0.155. The van der Waals surface area contributed by atoms with Crippen LogP contribution in [0.15, 0.2) is 42.1 Å². The second-order valence-electron chi connectivity index (χ2n) is 6.48. The van der Waals surface area contributed by atoms with Gasteiger partial charge in [-0.05, 0) is 24.8 Å². The Hall–Kier alpha value is -2.32. The van der Waals surface area contributed by atoms with Crippen molar-refractivity contribution in [2.45, 2.75) is 45.2 Å². The molecule has 1 aromatic rings. The van der Waals surface area contributed by atoms with Gasteiger partial charge < -0.3 is 10.6 Å². The van der Waals surface area contributed by atoms with Gasteiger partial charge in [-0.2, -0.15) is 5.26 Å². The number of unbranched alkanes of at least 4 members (excludes halogenated alkanes) is 1. The molecule has 1 aliphatic rings. The van der Waals surface area contributed by atoms with Gasteiger partial charge in [0.05, 0.1) is 0 Å². The van der Waals surface area contributed by atoms with Gasteiger partial charge in [0.15, 0.2) is 0 Å². The van der Waals surface area contributed by atoms with Gasteiger partial charge in [0.2, 0.25) is 0 Å². The van der Waals surface area contributed by atoms with E-state index in [9.17, 15) is 4.79 Å². The number of nitrogens with zero attached hydrogens (tertiary/aromatic N) is 2. The van der Waals surface area contributed by atoms with Crippen LogP contribution in [0, 0.1) is 11.3 Å². The van der Waals surface area contributed by atoms with Crippen LogP contribution in [-0.2, 0) is 11.3 Å². The molecule has 25 heavy (non-hydrogen) atoms. The van der Waals surface area contributed by atoms with Crippen molar-refractivity contribution in [3.8, 4) is 6.07 Å². The molecule has 0 atom stereocenters. The van der Waals surface area contributed by atoms with E-state index < -0.39 is 0 Å². The molecule has 0 aliphatic carbocycles. The van der Waals surface area contributed by atoms with Gasteiger partial charge in [0, 0.05) is 38.4 Å². The lowest BCUT2D eigenvalue weighted by atomic mass is 10.0. The zero-order chi connectivity index (χ0) is 17.9. The summed E-state index contributed by atoms with van der Waals surface area (Å²) >= 11 is 0. The maximum absolute atomic E-state index is 11.9. The van der Waals surface area contributed by atoms with Crippen LogP contribution >= 0.6 is 0 Å². The van der Waals surface area contributed by atoms with E-state index in [1.807, 2.05) is 12.1 Å². The lowest BCUT2D eigenvalue weighted by molar-refractivity contribution is -0.117. The van der Waals surface area contributed by atoms with Crippen LogP contribution in [0.25, 0.3) is 0 Å². The predicted molar refractivity (Wildman–Crippen MR) is 99.5 cm³/mol. The van der Waals surface area contributed by atoms with E-state index in [0.29, 0.717) is 12.6 Å². The normalized spacial score (nSPS) is 16.2. The van der Waals surface area contributed by atoms with Crippen molar-refractivity contribution in [1.29, 1.82) is 5.26 Å². The number of hydrogen-bond donors (Lipinski definition) is 2. The highest BCUT2D eigenvalue weighted by molar-refractivity contribution is 5.97. The summed E-state index contributed by atoms with van der Waals surface area (Å²) < 4.78 is 0. The number of nitriles is 1. The minimum atomic E-state index is -0.287. The van der Waals surface area contributed by atoms with Crippen molar-refractivity contribution in [2.24, 2.45) is 0 Å². The van der Waals surface area contributed by atoms with Gasteiger partial charge in [0.25, 0.3) is 5.91 Å². The summed E-state index contributed by atoms with van der Waals surface area (Å²) in [6, 6.07) is 12.8. The number of benzene rings is 1. The number of likely N-dealkylation sites (tertiary alicyclic amines) is 1. The number of hydrogen-bond acceptors (Lipinski definition) is 4. The molecule has 0 radical (unpaired) electrons. The molecule has 1 amide bonds. The molecule has 1 heterocycles. The van der Waals surface area contributed by atoms with E-state index in [0.717, 1.165) is 45.3 Å². The number of rotatable bonds is 8. The Morgan fingerprint density at radius 1 is 1.32 bits per heavy atom. The standard InChI is InChI=1S/C20H28N4O/c1-2-3-11-22-20(25)18(14-21)15-23-19-9-12-24(13-10-19)16-17-7-5-4-6-8-17/h4-8,15,19,23H,2-3,9-13,16H2,1H3,(H,22,25)/b18-15-. The van der Waals surface area contributed by atoms with Gasteiger partial charge >= 0.3 is 0 Å². The SMILES string of the molecule is CCCCNC(=O)/C(C#N)=C\NC1CCN(Cc2ccccc2)CC1. The van der Waals surface area contributed by atoms with Gasteiger partial charge in [0.1, 0.15) is 11.6 Å². The largest absolute Gasteiger partial charge is 0.387 e. The molecule has 1 saturated heterocycles. The lowest BCUT2D eigenvalue weighted by Crippen LogP contribution is -2.40. The average Bonchev–Trinajstić information content (AvgIpc) is 2.64. The van der Waals surface area contributed by atoms with E-state index in [1.54, 1.807) is 6.20 Å². The molecule has 1 aromatic carbocycles. The highest BCUT2D eigenvalue weighted by Crippen LogP contribution is 2.14. The van der Waals surface area contributed by atoms with E-state index >= 15 is 0 Å². The second kappa shape index (κ2) is 10.5. The Balaban J connectivity index is 1.75. The number of amides is 1. The lowest BCUT2D eigenvalue weighted by Gasteiger charge is -2.32. The summed E-state index contributed by atoms with van der Waals surface area (Å²) in [4.78, 5) is 14.4. The Bertz CT molecular complexity index is 598. The van der Waals surface area contributed by atoms with Crippen LogP contribution < -0.4 is 10.6 Å². The van der Waals surface area contributed by atoms with Crippen LogP contribution in [0.5, 0.6) is 0 Å². The summed E-state index contributed by atoms with van der Waals surface area (Å²) in [5, 5.41) is 15.2. The monoisotopic (exact) mass is 340 g/mol. The Labute approximate surface area is 150 Å². The fraction of sp³-hybridized carbons (Fsp3) is 0.500. The number of nitrogens with one attached hydrogen (secondary N) is 2. The predicted octanol–water partition coefficient (Wildman–Crippen LogP) is 2.56. The smallest absolute Gasteiger partial charge is 0.263 e. The first kappa shape index (κ1) is 19.0. The van der Waals surface area contributed by atoms with Crippen molar-refractivity contribution in [2.75, 3.05) is 19.6 Å². The van der Waals surface area contributed by atoms with Gasteiger partial charge in [-0.3, -0.25) is 9.69 Å². The van der Waals surface area contributed by atoms with Crippen LogP contribution in [0.1, 0.15) is 38.2 Å². The molecule has 1 fully saturated rings. The van der Waals surface area contributed by atoms with Gasteiger partial charge in [-0.15, -0.1) is 0 Å². The molecule has 0 bridgehead atoms. The third-order valence-electron chi connectivity index (χ3n) is 4.48. The molecule has 2 N–H and O–H groups in total. The van der Waals surface area contributed by atoms with Gasteiger partial charge in [-0.25, -0.2) is 0 Å². The van der Waals surface area contributed by atoms with Crippen molar-refractivity contribution in [3.63, 3.8) is 0 Å². The summed E-state index contributed by atoms with van der Waals surface area (Å²) in [6.07, 6.45) is 5.56. The van der Waals surface area contributed by atoms with Crippen molar-refractivity contribution < 1.29 is 4.79 Å². The zero-order valence-corrected chi connectivity index (χ0v) is 15.0. The molecule has 2 rings (SSSR count). The average molecular weight is 340 g/mol. The summed E-state index contributed by atoms with van der Waals surface area (Å²) in [7, 11) is 0. The fourth-order valence-electron chi connectivity index (χ4n) is 2.92. The van der Waals surface area contributed by atoms with Crippen LogP contribution in [0.2, 0.25) is 0 Å². The molecule has 0 spiro atoms. The number of piperidine rings is 1. The first-order chi connectivity index (χ1) is 12.2. The first-order valence-corrected chi connectivity index (χ1v) is 9.13. The minimum Gasteiger partial charge on any atom is -0.387 e.